The number of anilines is 1. The van der Waals surface area contributed by atoms with Crippen molar-refractivity contribution in [3.63, 3.8) is 0 Å². The van der Waals surface area contributed by atoms with Gasteiger partial charge in [-0.15, -0.1) is 10.2 Å². The summed E-state index contributed by atoms with van der Waals surface area (Å²) in [4.78, 5) is 3.77. The van der Waals surface area contributed by atoms with Crippen molar-refractivity contribution in [1.29, 1.82) is 0 Å². The van der Waals surface area contributed by atoms with Gasteiger partial charge in [0.05, 0.1) is 11.7 Å². The van der Waals surface area contributed by atoms with Gasteiger partial charge in [0, 0.05) is 31.6 Å². The van der Waals surface area contributed by atoms with Crippen LogP contribution >= 0.6 is 0 Å². The van der Waals surface area contributed by atoms with Gasteiger partial charge in [-0.2, -0.15) is 13.2 Å². The van der Waals surface area contributed by atoms with E-state index < -0.39 is 17.8 Å². The van der Waals surface area contributed by atoms with Gasteiger partial charge in [-0.1, -0.05) is 0 Å². The Balaban J connectivity index is 1.58. The zero-order chi connectivity index (χ0) is 17.3. The Morgan fingerprint density at radius 2 is 2.12 bits per heavy atom. The molecule has 1 saturated carbocycles. The number of aryl methyl sites for hydroxylation is 1. The molecule has 3 rings (SSSR count). The molecule has 1 aliphatic rings. The fourth-order valence-corrected chi connectivity index (χ4v) is 3.10. The molecule has 2 N–H and O–H groups in total. The first-order valence-electron chi connectivity index (χ1n) is 7.63. The smallest absolute Gasteiger partial charge is 0.393 e. The fourth-order valence-electron chi connectivity index (χ4n) is 3.10. The minimum atomic E-state index is -4.39. The quantitative estimate of drug-likeness (QED) is 0.892. The molecular formula is C15H18F3N5O. The van der Waals surface area contributed by atoms with E-state index >= 15 is 0 Å². The normalized spacial score (nSPS) is 24.3. The second-order valence-corrected chi connectivity index (χ2v) is 6.11. The molecule has 24 heavy (non-hydrogen) atoms. The number of hydrogen-bond donors (Lipinski definition) is 2. The van der Waals surface area contributed by atoms with Gasteiger partial charge in [0.15, 0.2) is 0 Å². The van der Waals surface area contributed by atoms with Gasteiger partial charge in [-0.25, -0.2) is 4.98 Å². The van der Waals surface area contributed by atoms with E-state index in [2.05, 4.69) is 20.5 Å². The number of alkyl halides is 3. The number of nitrogens with zero attached hydrogens (tertiary/aromatic N) is 4. The van der Waals surface area contributed by atoms with E-state index in [1.165, 1.54) is 6.07 Å². The number of halogens is 3. The van der Waals surface area contributed by atoms with E-state index in [4.69, 9.17) is 0 Å². The van der Waals surface area contributed by atoms with Gasteiger partial charge >= 0.3 is 6.18 Å². The lowest BCUT2D eigenvalue weighted by molar-refractivity contribution is -0.137. The molecule has 0 aromatic carbocycles. The van der Waals surface area contributed by atoms with Gasteiger partial charge < -0.3 is 15.0 Å². The lowest BCUT2D eigenvalue weighted by Gasteiger charge is -2.15. The maximum atomic E-state index is 12.5. The zero-order valence-electron chi connectivity index (χ0n) is 13.0. The van der Waals surface area contributed by atoms with Crippen LogP contribution < -0.4 is 5.32 Å². The Hall–Kier alpha value is -2.16. The summed E-state index contributed by atoms with van der Waals surface area (Å²) in [5.41, 5.74) is -0.781. The maximum absolute atomic E-state index is 12.5. The third-order valence-electron chi connectivity index (χ3n) is 4.41. The third-order valence-corrected chi connectivity index (χ3v) is 4.41. The van der Waals surface area contributed by atoms with Crippen molar-refractivity contribution in [1.82, 2.24) is 19.7 Å². The Bertz CT molecular complexity index is 685. The van der Waals surface area contributed by atoms with Gasteiger partial charge in [-0.3, -0.25) is 0 Å². The number of nitrogens with one attached hydrogen (secondary N) is 1. The lowest BCUT2D eigenvalue weighted by Crippen LogP contribution is -2.22. The summed E-state index contributed by atoms with van der Waals surface area (Å²) in [6.45, 7) is 0.438. The zero-order valence-corrected chi connectivity index (χ0v) is 13.0. The Morgan fingerprint density at radius 3 is 2.71 bits per heavy atom. The van der Waals surface area contributed by atoms with Crippen LogP contribution in [0.5, 0.6) is 0 Å². The van der Waals surface area contributed by atoms with E-state index in [-0.39, 0.29) is 11.8 Å². The Labute approximate surface area is 136 Å². The first-order chi connectivity index (χ1) is 11.3. The maximum Gasteiger partial charge on any atom is 0.417 e. The number of rotatable bonds is 4. The standard InChI is InChI=1S/C15H18F3N5O/c1-23-8-21-22-14(23)9-4-10(12(24)5-9)6-19-13-3-2-11(7-20-13)15(16,17)18/h2-3,7-10,12,24H,4-6H2,1H3,(H,19,20)/t9-,10+,12+/m0/s1. The summed E-state index contributed by atoms with van der Waals surface area (Å²) in [6, 6.07) is 2.28. The highest BCUT2D eigenvalue weighted by atomic mass is 19.4. The number of aliphatic hydroxyl groups is 1. The second kappa shape index (κ2) is 6.39. The molecule has 0 spiro atoms. The first-order valence-corrected chi connectivity index (χ1v) is 7.63. The largest absolute Gasteiger partial charge is 0.417 e. The summed E-state index contributed by atoms with van der Waals surface area (Å²) in [6.07, 6.45) is -1.12. The van der Waals surface area contributed by atoms with E-state index in [1.54, 1.807) is 6.33 Å². The Kier molecular flexibility index (Phi) is 4.44. The molecule has 0 bridgehead atoms. The van der Waals surface area contributed by atoms with Crippen molar-refractivity contribution in [2.24, 2.45) is 13.0 Å². The van der Waals surface area contributed by atoms with Crippen LogP contribution in [-0.4, -0.2) is 37.5 Å². The third kappa shape index (κ3) is 3.50. The molecule has 0 radical (unpaired) electrons. The molecule has 2 aromatic heterocycles. The molecule has 3 atom stereocenters. The first kappa shape index (κ1) is 16.7. The topological polar surface area (TPSA) is 75.9 Å². The highest BCUT2D eigenvalue weighted by Crippen LogP contribution is 2.37. The summed E-state index contributed by atoms with van der Waals surface area (Å²) in [7, 11) is 1.86. The highest BCUT2D eigenvalue weighted by molar-refractivity contribution is 5.36. The molecule has 0 unspecified atom stereocenters. The minimum Gasteiger partial charge on any atom is -0.393 e. The SMILES string of the molecule is Cn1cnnc1[C@H]1C[C@H](CNc2ccc(C(F)(F)F)cn2)[C@H](O)C1. The average Bonchev–Trinajstić information content (AvgIpc) is 3.10. The van der Waals surface area contributed by atoms with Crippen LogP contribution in [0.3, 0.4) is 0 Å². The molecule has 6 nitrogen and oxygen atoms in total. The molecule has 1 fully saturated rings. The average molecular weight is 341 g/mol. The molecule has 1 aliphatic carbocycles. The van der Waals surface area contributed by atoms with Gasteiger partial charge in [0.2, 0.25) is 0 Å². The summed E-state index contributed by atoms with van der Waals surface area (Å²) >= 11 is 0. The van der Waals surface area contributed by atoms with Gasteiger partial charge in [0.1, 0.15) is 18.0 Å². The molecule has 9 heteroatoms. The summed E-state index contributed by atoms with van der Waals surface area (Å²) in [5.74, 6) is 1.30. The number of aliphatic hydroxyl groups excluding tert-OH is 1. The molecule has 0 aliphatic heterocycles. The van der Waals surface area contributed by atoms with Crippen LogP contribution in [0.1, 0.15) is 30.1 Å². The van der Waals surface area contributed by atoms with Crippen molar-refractivity contribution < 1.29 is 18.3 Å². The number of aromatic nitrogens is 4. The van der Waals surface area contributed by atoms with E-state index in [0.29, 0.717) is 18.8 Å². The predicted molar refractivity (Wildman–Crippen MR) is 80.2 cm³/mol. The van der Waals surface area contributed by atoms with Crippen LogP contribution in [0, 0.1) is 5.92 Å². The van der Waals surface area contributed by atoms with Gasteiger partial charge in [0.25, 0.3) is 0 Å². The molecule has 2 aromatic rings. The van der Waals surface area contributed by atoms with E-state index in [1.807, 2.05) is 11.6 Å². The van der Waals surface area contributed by atoms with Crippen LogP contribution in [0.2, 0.25) is 0 Å². The van der Waals surface area contributed by atoms with Crippen molar-refractivity contribution >= 4 is 5.82 Å². The lowest BCUT2D eigenvalue weighted by atomic mass is 10.0. The summed E-state index contributed by atoms with van der Waals surface area (Å²) < 4.78 is 39.4. The van der Waals surface area contributed by atoms with Crippen molar-refractivity contribution in [2.45, 2.75) is 31.0 Å². The second-order valence-electron chi connectivity index (χ2n) is 6.11. The molecule has 0 saturated heterocycles. The summed E-state index contributed by atoms with van der Waals surface area (Å²) in [5, 5.41) is 21.1. The predicted octanol–water partition coefficient (Wildman–Crippen LogP) is 2.20. The van der Waals surface area contributed by atoms with Gasteiger partial charge in [-0.05, 0) is 25.0 Å². The van der Waals surface area contributed by atoms with Crippen LogP contribution in [0.4, 0.5) is 19.0 Å². The van der Waals surface area contributed by atoms with Crippen LogP contribution in [0.25, 0.3) is 0 Å². The monoisotopic (exact) mass is 341 g/mol. The fraction of sp³-hybridized carbons (Fsp3) is 0.533. The van der Waals surface area contributed by atoms with Crippen molar-refractivity contribution in [3.8, 4) is 0 Å². The number of pyridine rings is 1. The van der Waals surface area contributed by atoms with E-state index in [0.717, 1.165) is 24.5 Å². The van der Waals surface area contributed by atoms with Crippen molar-refractivity contribution in [2.75, 3.05) is 11.9 Å². The van der Waals surface area contributed by atoms with Crippen LogP contribution in [0.15, 0.2) is 24.7 Å². The highest BCUT2D eigenvalue weighted by Gasteiger charge is 2.36. The van der Waals surface area contributed by atoms with Crippen LogP contribution in [-0.2, 0) is 13.2 Å². The van der Waals surface area contributed by atoms with E-state index in [9.17, 15) is 18.3 Å². The minimum absolute atomic E-state index is 0.0178. The molecular weight excluding hydrogens is 323 g/mol. The Morgan fingerprint density at radius 1 is 1.33 bits per heavy atom. The molecule has 2 heterocycles. The molecule has 0 amide bonds. The molecule has 130 valence electrons. The van der Waals surface area contributed by atoms with Crippen molar-refractivity contribution in [3.05, 3.63) is 36.0 Å². The number of hydrogen-bond acceptors (Lipinski definition) is 5.